The van der Waals surface area contributed by atoms with Crippen LogP contribution in [-0.2, 0) is 6.42 Å². The third kappa shape index (κ3) is 3.46. The normalized spacial score (nSPS) is 10.4. The topological polar surface area (TPSA) is 78.0 Å². The van der Waals surface area contributed by atoms with E-state index < -0.39 is 0 Å². The van der Waals surface area contributed by atoms with Crippen LogP contribution in [0.4, 0.5) is 5.82 Å². The number of nitrogens with one attached hydrogen (secondary N) is 2. The maximum atomic E-state index is 12.0. The number of halogens is 1. The number of hydrogen-bond donors (Lipinski definition) is 3. The smallest absolute Gasteiger partial charge is 0.256 e. The van der Waals surface area contributed by atoms with Crippen molar-refractivity contribution in [2.75, 3.05) is 5.32 Å². The molecule has 0 aliphatic carbocycles. The summed E-state index contributed by atoms with van der Waals surface area (Å²) in [4.78, 5) is 12.0. The second kappa shape index (κ2) is 6.05. The predicted molar refractivity (Wildman–Crippen MR) is 81.4 cm³/mol. The van der Waals surface area contributed by atoms with Crippen molar-refractivity contribution in [1.29, 1.82) is 0 Å². The quantitative estimate of drug-likeness (QED) is 0.724. The minimum atomic E-state index is -0.291. The molecule has 1 aromatic heterocycles. The summed E-state index contributed by atoms with van der Waals surface area (Å²) < 4.78 is 0.708. The summed E-state index contributed by atoms with van der Waals surface area (Å²) >= 11 is 2.00. The lowest BCUT2D eigenvalue weighted by Crippen LogP contribution is -2.12. The van der Waals surface area contributed by atoms with Gasteiger partial charge in [0.2, 0.25) is 0 Å². The summed E-state index contributed by atoms with van der Waals surface area (Å²) in [7, 11) is 0. The van der Waals surface area contributed by atoms with Crippen molar-refractivity contribution in [3.63, 3.8) is 0 Å². The molecule has 1 amide bonds. The van der Waals surface area contributed by atoms with Gasteiger partial charge >= 0.3 is 0 Å². The van der Waals surface area contributed by atoms with Gasteiger partial charge in [-0.15, -0.1) is 0 Å². The number of aromatic nitrogens is 2. The Balaban J connectivity index is 2.09. The summed E-state index contributed by atoms with van der Waals surface area (Å²) in [5, 5.41) is 19.2. The van der Waals surface area contributed by atoms with Gasteiger partial charge in [0.25, 0.3) is 5.91 Å². The minimum Gasteiger partial charge on any atom is -0.507 e. The van der Waals surface area contributed by atoms with E-state index >= 15 is 0 Å². The molecule has 2 rings (SSSR count). The van der Waals surface area contributed by atoms with Crippen LogP contribution in [-0.4, -0.2) is 21.2 Å². The first-order valence-corrected chi connectivity index (χ1v) is 7.02. The Hall–Kier alpha value is -1.57. The van der Waals surface area contributed by atoms with Gasteiger partial charge in [-0.25, -0.2) is 0 Å². The maximum absolute atomic E-state index is 12.0. The van der Waals surface area contributed by atoms with Crippen LogP contribution in [0.3, 0.4) is 0 Å². The molecule has 0 radical (unpaired) electrons. The van der Waals surface area contributed by atoms with E-state index in [9.17, 15) is 9.90 Å². The van der Waals surface area contributed by atoms with Crippen LogP contribution in [0.15, 0.2) is 24.3 Å². The highest BCUT2D eigenvalue weighted by atomic mass is 127. The van der Waals surface area contributed by atoms with Gasteiger partial charge in [0.1, 0.15) is 5.75 Å². The summed E-state index contributed by atoms with van der Waals surface area (Å²) in [6, 6.07) is 6.61. The number of phenols is 1. The van der Waals surface area contributed by atoms with E-state index in [-0.39, 0.29) is 11.7 Å². The van der Waals surface area contributed by atoms with E-state index in [1.165, 1.54) is 6.07 Å². The molecule has 0 atom stereocenters. The molecule has 0 fully saturated rings. The number of carbonyl (C=O) groups is 1. The summed E-state index contributed by atoms with van der Waals surface area (Å²) in [5.41, 5.74) is 1.39. The highest BCUT2D eigenvalue weighted by Gasteiger charge is 2.10. The molecule has 100 valence electrons. The van der Waals surface area contributed by atoms with Gasteiger partial charge in [-0.3, -0.25) is 9.89 Å². The number of benzene rings is 1. The lowest BCUT2D eigenvalue weighted by atomic mass is 10.2. The number of nitrogens with zero attached hydrogens (tertiary/aromatic N) is 1. The van der Waals surface area contributed by atoms with E-state index in [0.29, 0.717) is 15.0 Å². The van der Waals surface area contributed by atoms with Crippen molar-refractivity contribution < 1.29 is 9.90 Å². The van der Waals surface area contributed by atoms with Gasteiger partial charge in [-0.2, -0.15) is 5.10 Å². The Labute approximate surface area is 124 Å². The zero-order valence-corrected chi connectivity index (χ0v) is 12.6. The van der Waals surface area contributed by atoms with E-state index in [4.69, 9.17) is 0 Å². The monoisotopic (exact) mass is 371 g/mol. The Morgan fingerprint density at radius 1 is 1.47 bits per heavy atom. The molecule has 6 heteroatoms. The van der Waals surface area contributed by atoms with Crippen molar-refractivity contribution in [3.8, 4) is 5.75 Å². The Morgan fingerprint density at radius 3 is 2.95 bits per heavy atom. The fourth-order valence-corrected chi connectivity index (χ4v) is 2.00. The number of aryl methyl sites for hydroxylation is 1. The molecule has 0 saturated carbocycles. The molecular weight excluding hydrogens is 357 g/mol. The molecule has 5 nitrogen and oxygen atoms in total. The standard InChI is InChI=1S/C13H14IN3O2/c1-2-3-9-7-12(17-16-9)15-13(19)8-4-5-10(14)11(18)6-8/h4-7,18H,2-3H2,1H3,(H2,15,16,17,19). The first-order chi connectivity index (χ1) is 9.10. The van der Waals surface area contributed by atoms with Gasteiger partial charge in [-0.05, 0) is 47.2 Å². The van der Waals surface area contributed by atoms with Crippen LogP contribution in [0.5, 0.6) is 5.75 Å². The Bertz CT molecular complexity index is 595. The van der Waals surface area contributed by atoms with Crippen LogP contribution >= 0.6 is 22.6 Å². The molecule has 19 heavy (non-hydrogen) atoms. The lowest BCUT2D eigenvalue weighted by Gasteiger charge is -2.03. The number of phenolic OH excluding ortho intramolecular Hbond substituents is 1. The molecule has 0 bridgehead atoms. The molecule has 0 unspecified atom stereocenters. The largest absolute Gasteiger partial charge is 0.507 e. The van der Waals surface area contributed by atoms with Crippen LogP contribution < -0.4 is 5.32 Å². The number of aromatic amines is 1. The number of H-pyrrole nitrogens is 1. The second-order valence-corrected chi connectivity index (χ2v) is 5.31. The first kappa shape index (κ1) is 13.9. The van der Waals surface area contributed by atoms with Gasteiger partial charge in [0, 0.05) is 17.3 Å². The zero-order valence-electron chi connectivity index (χ0n) is 10.4. The number of anilines is 1. The average molecular weight is 371 g/mol. The predicted octanol–water partition coefficient (Wildman–Crippen LogP) is 2.92. The molecule has 0 saturated heterocycles. The van der Waals surface area contributed by atoms with Crippen LogP contribution in [0.25, 0.3) is 0 Å². The number of carbonyl (C=O) groups excluding carboxylic acids is 1. The fraction of sp³-hybridized carbons (Fsp3) is 0.231. The zero-order chi connectivity index (χ0) is 13.8. The minimum absolute atomic E-state index is 0.0990. The van der Waals surface area contributed by atoms with Crippen LogP contribution in [0.2, 0.25) is 0 Å². The molecular formula is C13H14IN3O2. The van der Waals surface area contributed by atoms with Crippen LogP contribution in [0, 0.1) is 3.57 Å². The summed E-state index contributed by atoms with van der Waals surface area (Å²) in [6.45, 7) is 2.08. The van der Waals surface area contributed by atoms with E-state index in [0.717, 1.165) is 18.5 Å². The van der Waals surface area contributed by atoms with Crippen molar-refractivity contribution in [3.05, 3.63) is 39.1 Å². The van der Waals surface area contributed by atoms with Gasteiger partial charge in [0.15, 0.2) is 5.82 Å². The molecule has 0 aliphatic heterocycles. The average Bonchev–Trinajstić information content (AvgIpc) is 2.80. The van der Waals surface area contributed by atoms with Crippen LogP contribution in [0.1, 0.15) is 29.4 Å². The first-order valence-electron chi connectivity index (χ1n) is 5.94. The molecule has 0 aliphatic rings. The molecule has 2 aromatic rings. The molecule has 1 aromatic carbocycles. The number of aromatic hydroxyl groups is 1. The van der Waals surface area contributed by atoms with Gasteiger partial charge in [0.05, 0.1) is 3.57 Å². The Morgan fingerprint density at radius 2 is 2.26 bits per heavy atom. The van der Waals surface area contributed by atoms with E-state index in [1.807, 2.05) is 28.7 Å². The van der Waals surface area contributed by atoms with E-state index in [1.54, 1.807) is 12.1 Å². The third-order valence-electron chi connectivity index (χ3n) is 2.60. The maximum Gasteiger partial charge on any atom is 0.256 e. The molecule has 3 N–H and O–H groups in total. The second-order valence-electron chi connectivity index (χ2n) is 4.15. The third-order valence-corrected chi connectivity index (χ3v) is 3.51. The van der Waals surface area contributed by atoms with Crippen molar-refractivity contribution >= 4 is 34.3 Å². The Kier molecular flexibility index (Phi) is 4.41. The highest BCUT2D eigenvalue weighted by molar-refractivity contribution is 14.1. The number of rotatable bonds is 4. The van der Waals surface area contributed by atoms with Gasteiger partial charge < -0.3 is 10.4 Å². The van der Waals surface area contributed by atoms with Crippen molar-refractivity contribution in [1.82, 2.24) is 10.2 Å². The fourth-order valence-electron chi connectivity index (χ4n) is 1.67. The SMILES string of the molecule is CCCc1cc(NC(=O)c2ccc(I)c(O)c2)n[nH]1. The van der Waals surface area contributed by atoms with Crippen molar-refractivity contribution in [2.24, 2.45) is 0 Å². The number of hydrogen-bond acceptors (Lipinski definition) is 3. The van der Waals surface area contributed by atoms with E-state index in [2.05, 4.69) is 22.4 Å². The summed E-state index contributed by atoms with van der Waals surface area (Å²) in [5.74, 6) is 0.301. The lowest BCUT2D eigenvalue weighted by molar-refractivity contribution is 0.102. The molecule has 1 heterocycles. The van der Waals surface area contributed by atoms with Crippen molar-refractivity contribution in [2.45, 2.75) is 19.8 Å². The number of amides is 1. The van der Waals surface area contributed by atoms with Gasteiger partial charge in [-0.1, -0.05) is 13.3 Å². The highest BCUT2D eigenvalue weighted by Crippen LogP contribution is 2.21. The molecule has 0 spiro atoms. The summed E-state index contributed by atoms with van der Waals surface area (Å²) in [6.07, 6.45) is 1.91.